The predicted octanol–water partition coefficient (Wildman–Crippen LogP) is 3.07. The van der Waals surface area contributed by atoms with E-state index >= 15 is 0 Å². The van der Waals surface area contributed by atoms with Crippen molar-refractivity contribution in [3.05, 3.63) is 58.6 Å². The van der Waals surface area contributed by atoms with E-state index in [-0.39, 0.29) is 11.8 Å². The molecule has 0 spiro atoms. The van der Waals surface area contributed by atoms with Crippen molar-refractivity contribution in [2.75, 3.05) is 38.7 Å². The smallest absolute Gasteiger partial charge is 0.255 e. The van der Waals surface area contributed by atoms with Crippen LogP contribution in [0.4, 0.5) is 5.69 Å². The summed E-state index contributed by atoms with van der Waals surface area (Å²) in [5.74, 6) is 0.244. The van der Waals surface area contributed by atoms with Crippen LogP contribution in [0.5, 0.6) is 5.75 Å². The second kappa shape index (κ2) is 8.21. The van der Waals surface area contributed by atoms with Crippen molar-refractivity contribution in [1.82, 2.24) is 4.90 Å². The number of nitrogens with one attached hydrogen (secondary N) is 1. The van der Waals surface area contributed by atoms with E-state index in [1.54, 1.807) is 54.5 Å². The van der Waals surface area contributed by atoms with Gasteiger partial charge in [-0.15, -0.1) is 0 Å². The highest BCUT2D eigenvalue weighted by Gasteiger charge is 2.20. The monoisotopic (exact) mass is 374 g/mol. The molecule has 0 atom stereocenters. The summed E-state index contributed by atoms with van der Waals surface area (Å²) in [6.07, 6.45) is 0. The minimum absolute atomic E-state index is 0.107. The van der Waals surface area contributed by atoms with Gasteiger partial charge in [0, 0.05) is 24.2 Å². The number of morpholine rings is 1. The number of amides is 2. The van der Waals surface area contributed by atoms with Gasteiger partial charge < -0.3 is 19.7 Å². The van der Waals surface area contributed by atoms with E-state index in [1.807, 2.05) is 0 Å². The molecule has 6 nitrogen and oxygen atoms in total. The molecule has 1 saturated heterocycles. The number of anilines is 1. The van der Waals surface area contributed by atoms with Crippen LogP contribution in [0.1, 0.15) is 20.7 Å². The summed E-state index contributed by atoms with van der Waals surface area (Å²) in [6.45, 7) is 2.16. The molecule has 2 aromatic rings. The first-order chi connectivity index (χ1) is 12.6. The number of carbonyl (C=O) groups is 2. The first kappa shape index (κ1) is 18.2. The molecular weight excluding hydrogens is 356 g/mol. The number of hydrogen-bond donors (Lipinski definition) is 1. The topological polar surface area (TPSA) is 67.9 Å². The van der Waals surface area contributed by atoms with Crippen molar-refractivity contribution in [3.8, 4) is 5.75 Å². The first-order valence-electron chi connectivity index (χ1n) is 8.20. The maximum absolute atomic E-state index is 12.6. The second-order valence-corrected chi connectivity index (χ2v) is 6.19. The molecule has 26 heavy (non-hydrogen) atoms. The predicted molar refractivity (Wildman–Crippen MR) is 99.1 cm³/mol. The fourth-order valence-electron chi connectivity index (χ4n) is 2.64. The van der Waals surface area contributed by atoms with Crippen molar-refractivity contribution in [3.63, 3.8) is 0 Å². The van der Waals surface area contributed by atoms with Gasteiger partial charge in [0.2, 0.25) is 0 Å². The van der Waals surface area contributed by atoms with Gasteiger partial charge in [0.15, 0.2) is 0 Å². The Kier molecular flexibility index (Phi) is 5.75. The van der Waals surface area contributed by atoms with Crippen LogP contribution >= 0.6 is 11.6 Å². The molecule has 0 saturated carbocycles. The number of carbonyl (C=O) groups excluding carboxylic acids is 2. The number of rotatable bonds is 4. The number of ether oxygens (including phenoxy) is 2. The van der Waals surface area contributed by atoms with Gasteiger partial charge in [0.05, 0.1) is 31.0 Å². The van der Waals surface area contributed by atoms with Crippen LogP contribution < -0.4 is 10.1 Å². The summed E-state index contributed by atoms with van der Waals surface area (Å²) in [7, 11) is 1.56. The van der Waals surface area contributed by atoms with E-state index in [1.165, 1.54) is 0 Å². The van der Waals surface area contributed by atoms with Gasteiger partial charge in [-0.1, -0.05) is 11.6 Å². The summed E-state index contributed by atoms with van der Waals surface area (Å²) in [5, 5.41) is 3.12. The van der Waals surface area contributed by atoms with Gasteiger partial charge in [0.25, 0.3) is 11.8 Å². The molecule has 1 N–H and O–H groups in total. The highest BCUT2D eigenvalue weighted by molar-refractivity contribution is 6.34. The molecule has 0 aliphatic carbocycles. The molecule has 2 aromatic carbocycles. The van der Waals surface area contributed by atoms with Crippen LogP contribution in [-0.2, 0) is 4.74 Å². The van der Waals surface area contributed by atoms with Crippen molar-refractivity contribution >= 4 is 29.1 Å². The van der Waals surface area contributed by atoms with Crippen molar-refractivity contribution in [2.45, 2.75) is 0 Å². The number of benzene rings is 2. The highest BCUT2D eigenvalue weighted by atomic mass is 35.5. The molecule has 1 heterocycles. The second-order valence-electron chi connectivity index (χ2n) is 5.78. The lowest BCUT2D eigenvalue weighted by Gasteiger charge is -2.27. The SMILES string of the molecule is COc1ccc(C(=O)Nc2cc(C(=O)N3CCOCC3)ccc2Cl)cc1. The van der Waals surface area contributed by atoms with Crippen molar-refractivity contribution < 1.29 is 19.1 Å². The molecule has 136 valence electrons. The van der Waals surface area contributed by atoms with Gasteiger partial charge in [-0.05, 0) is 42.5 Å². The lowest BCUT2D eigenvalue weighted by atomic mass is 10.1. The summed E-state index contributed by atoms with van der Waals surface area (Å²) >= 11 is 6.19. The van der Waals surface area contributed by atoms with Crippen LogP contribution in [-0.4, -0.2) is 50.1 Å². The fraction of sp³-hybridized carbons (Fsp3) is 0.263. The quantitative estimate of drug-likeness (QED) is 0.893. The third kappa shape index (κ3) is 4.15. The Balaban J connectivity index is 1.76. The normalized spacial score (nSPS) is 14.0. The van der Waals surface area contributed by atoms with Crippen LogP contribution in [0.2, 0.25) is 5.02 Å². The van der Waals surface area contributed by atoms with Crippen LogP contribution in [0, 0.1) is 0 Å². The van der Waals surface area contributed by atoms with Gasteiger partial charge in [-0.2, -0.15) is 0 Å². The summed E-state index contributed by atoms with van der Waals surface area (Å²) in [5.41, 5.74) is 1.33. The Morgan fingerprint density at radius 3 is 2.38 bits per heavy atom. The van der Waals surface area contributed by atoms with E-state index in [4.69, 9.17) is 21.1 Å². The Morgan fingerprint density at radius 1 is 1.08 bits per heavy atom. The van der Waals surface area contributed by atoms with Crippen LogP contribution in [0.3, 0.4) is 0 Å². The molecule has 0 radical (unpaired) electrons. The molecule has 0 aromatic heterocycles. The largest absolute Gasteiger partial charge is 0.497 e. The average Bonchev–Trinajstić information content (AvgIpc) is 2.69. The Labute approximate surface area is 156 Å². The molecule has 0 unspecified atom stereocenters. The van der Waals surface area contributed by atoms with E-state index in [2.05, 4.69) is 5.32 Å². The standard InChI is InChI=1S/C19H19ClN2O4/c1-25-15-5-2-13(3-6-15)18(23)21-17-12-14(4-7-16(17)20)19(24)22-8-10-26-11-9-22/h2-7,12H,8-11H2,1H3,(H,21,23). The number of nitrogens with zero attached hydrogens (tertiary/aromatic N) is 1. The molecule has 7 heteroatoms. The molecule has 0 bridgehead atoms. The van der Waals surface area contributed by atoms with Crippen LogP contribution in [0.25, 0.3) is 0 Å². The zero-order chi connectivity index (χ0) is 18.5. The molecule has 1 aliphatic rings. The van der Waals surface area contributed by atoms with Crippen LogP contribution in [0.15, 0.2) is 42.5 Å². The molecule has 3 rings (SSSR count). The maximum Gasteiger partial charge on any atom is 0.255 e. The third-order valence-electron chi connectivity index (χ3n) is 4.11. The first-order valence-corrected chi connectivity index (χ1v) is 8.58. The van der Waals surface area contributed by atoms with Gasteiger partial charge in [0.1, 0.15) is 5.75 Å². The molecule has 2 amide bonds. The van der Waals surface area contributed by atoms with Crippen molar-refractivity contribution in [1.29, 1.82) is 0 Å². The number of halogens is 1. The van der Waals surface area contributed by atoms with Crippen molar-refractivity contribution in [2.24, 2.45) is 0 Å². The minimum atomic E-state index is -0.314. The van der Waals surface area contributed by atoms with Gasteiger partial charge in [-0.3, -0.25) is 9.59 Å². The fourth-order valence-corrected chi connectivity index (χ4v) is 2.80. The highest BCUT2D eigenvalue weighted by Crippen LogP contribution is 2.25. The third-order valence-corrected chi connectivity index (χ3v) is 4.44. The maximum atomic E-state index is 12.6. The van der Waals surface area contributed by atoms with E-state index in [0.29, 0.717) is 53.9 Å². The Morgan fingerprint density at radius 2 is 1.73 bits per heavy atom. The summed E-state index contributed by atoms with van der Waals surface area (Å²) < 4.78 is 10.3. The van der Waals surface area contributed by atoms with Gasteiger partial charge >= 0.3 is 0 Å². The average molecular weight is 375 g/mol. The lowest BCUT2D eigenvalue weighted by Crippen LogP contribution is -2.40. The molecular formula is C19H19ClN2O4. The van der Waals surface area contributed by atoms with E-state index in [0.717, 1.165) is 0 Å². The zero-order valence-electron chi connectivity index (χ0n) is 14.3. The summed E-state index contributed by atoms with van der Waals surface area (Å²) in [4.78, 5) is 26.7. The zero-order valence-corrected chi connectivity index (χ0v) is 15.1. The summed E-state index contributed by atoms with van der Waals surface area (Å²) in [6, 6.07) is 11.6. The lowest BCUT2D eigenvalue weighted by molar-refractivity contribution is 0.0303. The minimum Gasteiger partial charge on any atom is -0.497 e. The van der Waals surface area contributed by atoms with E-state index in [9.17, 15) is 9.59 Å². The van der Waals surface area contributed by atoms with Gasteiger partial charge in [-0.25, -0.2) is 0 Å². The molecule has 1 fully saturated rings. The Hall–Kier alpha value is -2.57. The van der Waals surface area contributed by atoms with E-state index < -0.39 is 0 Å². The number of methoxy groups -OCH3 is 1. The number of hydrogen-bond acceptors (Lipinski definition) is 4. The molecule has 1 aliphatic heterocycles. The Bertz CT molecular complexity index is 802.